The number of hydrogen-bond acceptors (Lipinski definition) is 8. The van der Waals surface area contributed by atoms with E-state index in [1.165, 1.54) is 6.42 Å². The van der Waals surface area contributed by atoms with Crippen LogP contribution in [-0.2, 0) is 16.6 Å². The molecule has 12 nitrogen and oxygen atoms in total. The molecule has 0 aliphatic carbocycles. The number of fused-ring (bicyclic) bond motifs is 2. The summed E-state index contributed by atoms with van der Waals surface area (Å²) < 4.78 is 28.5. The Labute approximate surface area is 271 Å². The summed E-state index contributed by atoms with van der Waals surface area (Å²) in [6, 6.07) is 11.4. The number of aromatic nitrogens is 4. The van der Waals surface area contributed by atoms with Gasteiger partial charge < -0.3 is 29.9 Å². The number of pyridine rings is 1. The number of aromatic amines is 2. The number of nitrogens with one attached hydrogen (secondary N) is 3. The second kappa shape index (κ2) is 16.4. The molecule has 46 heavy (non-hydrogen) atoms. The standard InChI is InChI=1S/C17H19N3O3S.C16H23N5O/c1-10-8-18-15(11(2)16(10)23-4)9-24(21)17-19-13-6-5-12(22-3)7-14(13)20-17;1-3-4-5-8-18-16(17)21-20-11-12-10-19-15-7-6-13(22-2)9-14(12)15/h5-8H,9H2,1-4H3,(H,19,20);6-7,9-11,19H,3-5,8H2,1-2H3,(H3,17,18,21)/b;20-11+. The Kier molecular flexibility index (Phi) is 12.1. The van der Waals surface area contributed by atoms with Crippen molar-refractivity contribution in [3.8, 4) is 17.2 Å². The lowest BCUT2D eigenvalue weighted by molar-refractivity contribution is 0.407. The molecule has 1 atom stereocenters. The summed E-state index contributed by atoms with van der Waals surface area (Å²) in [6.45, 7) is 6.75. The van der Waals surface area contributed by atoms with E-state index in [1.54, 1.807) is 33.7 Å². The van der Waals surface area contributed by atoms with E-state index in [4.69, 9.17) is 19.9 Å². The number of hydrogen-bond donors (Lipinski definition) is 4. The Morgan fingerprint density at radius 3 is 2.54 bits per heavy atom. The van der Waals surface area contributed by atoms with Gasteiger partial charge >= 0.3 is 0 Å². The molecule has 0 saturated carbocycles. The quantitative estimate of drug-likeness (QED) is 0.0597. The molecular weight excluding hydrogens is 604 g/mol. The third kappa shape index (κ3) is 8.62. The van der Waals surface area contributed by atoms with Crippen molar-refractivity contribution < 1.29 is 18.4 Å². The van der Waals surface area contributed by atoms with Crippen LogP contribution in [0.4, 0.5) is 0 Å². The number of hydrazone groups is 1. The van der Waals surface area contributed by atoms with Crippen LogP contribution in [0.15, 0.2) is 64.0 Å². The van der Waals surface area contributed by atoms with Gasteiger partial charge in [-0.1, -0.05) is 19.8 Å². The number of H-pyrrole nitrogens is 2. The first kappa shape index (κ1) is 34.0. The van der Waals surface area contributed by atoms with Crippen molar-refractivity contribution in [2.45, 2.75) is 50.9 Å². The van der Waals surface area contributed by atoms with Gasteiger partial charge in [-0.3, -0.25) is 14.2 Å². The maximum Gasteiger partial charge on any atom is 0.209 e. The van der Waals surface area contributed by atoms with Crippen molar-refractivity contribution in [3.63, 3.8) is 0 Å². The second-order valence-corrected chi connectivity index (χ2v) is 11.8. The number of guanidine groups is 1. The van der Waals surface area contributed by atoms with Crippen LogP contribution in [0.2, 0.25) is 0 Å². The average Bonchev–Trinajstić information content (AvgIpc) is 3.68. The topological polar surface area (TPSA) is 165 Å². The zero-order valence-corrected chi connectivity index (χ0v) is 28.0. The van der Waals surface area contributed by atoms with Crippen molar-refractivity contribution in [1.82, 2.24) is 25.4 Å². The molecule has 5 N–H and O–H groups in total. The Hall–Kier alpha value is -4.91. The lowest BCUT2D eigenvalue weighted by Crippen LogP contribution is -2.27. The number of rotatable bonds is 12. The number of nitrogens with zero attached hydrogens (tertiary/aromatic N) is 4. The summed E-state index contributed by atoms with van der Waals surface area (Å²) in [5, 5.41) is 5.60. The molecule has 0 aliphatic heterocycles. The molecule has 1 unspecified atom stereocenters. The highest BCUT2D eigenvalue weighted by molar-refractivity contribution is 7.84. The maximum absolute atomic E-state index is 12.7. The van der Waals surface area contributed by atoms with Gasteiger partial charge in [0.05, 0.1) is 60.8 Å². The monoisotopic (exact) mass is 646 g/mol. The molecule has 5 aromatic rings. The molecule has 0 spiro atoms. The van der Waals surface area contributed by atoms with Crippen LogP contribution in [0, 0.1) is 13.8 Å². The third-order valence-electron chi connectivity index (χ3n) is 7.25. The highest BCUT2D eigenvalue weighted by Gasteiger charge is 2.16. The fourth-order valence-electron chi connectivity index (χ4n) is 4.73. The van der Waals surface area contributed by atoms with Crippen molar-refractivity contribution in [2.75, 3.05) is 27.9 Å². The molecule has 3 heterocycles. The minimum absolute atomic E-state index is 0.277. The Balaban J connectivity index is 0.000000210. The zero-order valence-electron chi connectivity index (χ0n) is 27.1. The minimum Gasteiger partial charge on any atom is -0.497 e. The Morgan fingerprint density at radius 1 is 1.04 bits per heavy atom. The Bertz CT molecular complexity index is 1850. The normalized spacial score (nSPS) is 12.3. The first-order valence-corrected chi connectivity index (χ1v) is 16.2. The zero-order chi connectivity index (χ0) is 33.1. The lowest BCUT2D eigenvalue weighted by Gasteiger charge is -2.11. The van der Waals surface area contributed by atoms with Gasteiger partial charge in [-0.25, -0.2) is 10.4 Å². The number of nitrogens with two attached hydrogens (primary N) is 1. The fraction of sp³-hybridized carbons (Fsp3) is 0.333. The molecule has 0 amide bonds. The van der Waals surface area contributed by atoms with Crippen LogP contribution in [0.25, 0.3) is 21.9 Å². The lowest BCUT2D eigenvalue weighted by atomic mass is 10.1. The molecule has 0 aliphatic rings. The van der Waals surface area contributed by atoms with Gasteiger partial charge in [-0.2, -0.15) is 5.10 Å². The predicted octanol–water partition coefficient (Wildman–Crippen LogP) is 5.50. The summed E-state index contributed by atoms with van der Waals surface area (Å²) >= 11 is 0. The maximum atomic E-state index is 12.7. The van der Waals surface area contributed by atoms with Crippen molar-refractivity contribution in [1.29, 1.82) is 0 Å². The summed E-state index contributed by atoms with van der Waals surface area (Å²) in [5.41, 5.74) is 14.6. The highest BCUT2D eigenvalue weighted by Crippen LogP contribution is 2.26. The van der Waals surface area contributed by atoms with Crippen LogP contribution < -0.4 is 25.4 Å². The van der Waals surface area contributed by atoms with E-state index in [1.807, 2.05) is 56.4 Å². The minimum atomic E-state index is -1.33. The van der Waals surface area contributed by atoms with E-state index >= 15 is 0 Å². The van der Waals surface area contributed by atoms with Crippen molar-refractivity contribution in [2.24, 2.45) is 15.8 Å². The first-order valence-electron chi connectivity index (χ1n) is 14.9. The summed E-state index contributed by atoms with van der Waals surface area (Å²) in [5.74, 6) is 2.94. The van der Waals surface area contributed by atoms with Gasteiger partial charge in [0.25, 0.3) is 0 Å². The van der Waals surface area contributed by atoms with Crippen molar-refractivity contribution in [3.05, 3.63) is 71.2 Å². The largest absolute Gasteiger partial charge is 0.497 e. The highest BCUT2D eigenvalue weighted by atomic mass is 32.2. The summed E-state index contributed by atoms with van der Waals surface area (Å²) in [7, 11) is 3.56. The molecule has 244 valence electrons. The number of imidazole rings is 1. The molecule has 2 aromatic carbocycles. The van der Waals surface area contributed by atoms with Crippen LogP contribution in [-0.4, -0.2) is 64.2 Å². The van der Waals surface area contributed by atoms with E-state index in [-0.39, 0.29) is 5.75 Å². The molecule has 0 bridgehead atoms. The first-order chi connectivity index (χ1) is 22.3. The van der Waals surface area contributed by atoms with Crippen molar-refractivity contribution >= 4 is 44.9 Å². The number of unbranched alkanes of at least 4 members (excludes halogenated alkanes) is 2. The number of benzene rings is 2. The van der Waals surface area contributed by atoms with E-state index < -0.39 is 10.8 Å². The fourth-order valence-corrected chi connectivity index (χ4v) is 5.83. The van der Waals surface area contributed by atoms with Crippen LogP contribution in [0.1, 0.15) is 48.6 Å². The van der Waals surface area contributed by atoms with Gasteiger partial charge in [0.1, 0.15) is 17.2 Å². The molecule has 0 fully saturated rings. The average molecular weight is 647 g/mol. The molecule has 0 radical (unpaired) electrons. The van der Waals surface area contributed by atoms with E-state index in [0.29, 0.717) is 11.1 Å². The number of aliphatic imine (C=N–C) groups is 1. The van der Waals surface area contributed by atoms with E-state index in [2.05, 4.69) is 42.4 Å². The van der Waals surface area contributed by atoms with Gasteiger partial charge in [-0.05, 0) is 50.6 Å². The number of methoxy groups -OCH3 is 3. The van der Waals surface area contributed by atoms with E-state index in [9.17, 15) is 4.21 Å². The van der Waals surface area contributed by atoms with Crippen LogP contribution in [0.5, 0.6) is 17.2 Å². The molecular formula is C33H42N8O4S. The molecule has 13 heteroatoms. The Morgan fingerprint density at radius 2 is 1.80 bits per heavy atom. The van der Waals surface area contributed by atoms with Gasteiger partial charge in [0, 0.05) is 52.6 Å². The summed E-state index contributed by atoms with van der Waals surface area (Å²) in [4.78, 5) is 19.3. The molecule has 5 rings (SSSR count). The van der Waals surface area contributed by atoms with Gasteiger partial charge in [0.2, 0.25) is 5.96 Å². The summed E-state index contributed by atoms with van der Waals surface area (Å²) in [6.07, 6.45) is 8.73. The number of aryl methyl sites for hydroxylation is 1. The number of ether oxygens (including phenoxy) is 3. The van der Waals surface area contributed by atoms with Gasteiger partial charge in [-0.15, -0.1) is 0 Å². The second-order valence-electron chi connectivity index (χ2n) is 10.5. The molecule has 3 aromatic heterocycles. The van der Waals surface area contributed by atoms with Gasteiger partial charge in [0.15, 0.2) is 5.16 Å². The third-order valence-corrected chi connectivity index (χ3v) is 8.41. The smallest absolute Gasteiger partial charge is 0.209 e. The van der Waals surface area contributed by atoms with Crippen LogP contribution >= 0.6 is 0 Å². The predicted molar refractivity (Wildman–Crippen MR) is 185 cm³/mol. The van der Waals surface area contributed by atoms with E-state index in [0.717, 1.165) is 81.0 Å². The molecule has 0 saturated heterocycles. The SMILES string of the molecule is CCCCCN=C(N)N/N=C/c1c[nH]c2ccc(OC)cc12.COc1ccc2nc(S(=O)Cc3ncc(C)c(OC)c3C)[nH]c2c1. The van der Waals surface area contributed by atoms with Crippen LogP contribution in [0.3, 0.4) is 0 Å².